The Hall–Kier alpha value is -1.10. The van der Waals surface area contributed by atoms with Crippen molar-refractivity contribution in [1.29, 1.82) is 0 Å². The number of ether oxygens (including phenoxy) is 1. The van der Waals surface area contributed by atoms with E-state index in [0.717, 1.165) is 32.5 Å². The van der Waals surface area contributed by atoms with Crippen LogP contribution >= 0.6 is 0 Å². The number of nitrogens with zero attached hydrogens (tertiary/aromatic N) is 2. The highest BCUT2D eigenvalue weighted by Crippen LogP contribution is 2.10. The van der Waals surface area contributed by atoms with Crippen LogP contribution in [0, 0.1) is 0 Å². The number of carbonyl (C=O) groups excluding carboxylic acids is 2. The fourth-order valence-electron chi connectivity index (χ4n) is 2.31. The molecule has 0 atom stereocenters. The van der Waals surface area contributed by atoms with Crippen LogP contribution in [0.15, 0.2) is 0 Å². The van der Waals surface area contributed by atoms with Crippen LogP contribution < -0.4 is 0 Å². The summed E-state index contributed by atoms with van der Waals surface area (Å²) in [4.78, 5) is 27.3. The third-order valence-corrected chi connectivity index (χ3v) is 3.62. The van der Waals surface area contributed by atoms with Gasteiger partial charge in [0.2, 0.25) is 5.91 Å². The van der Waals surface area contributed by atoms with E-state index in [9.17, 15) is 9.59 Å². The molecule has 0 aromatic rings. The quantitative estimate of drug-likeness (QED) is 0.682. The molecule has 1 amide bonds. The third kappa shape index (κ3) is 6.05. The second-order valence-corrected chi connectivity index (χ2v) is 4.99. The summed E-state index contributed by atoms with van der Waals surface area (Å²) < 4.78 is 4.62. The van der Waals surface area contributed by atoms with Crippen LogP contribution in [-0.2, 0) is 14.3 Å². The molecule has 0 radical (unpaired) electrons. The van der Waals surface area contributed by atoms with Crippen LogP contribution in [0.4, 0.5) is 0 Å². The molecule has 1 saturated heterocycles. The molecule has 0 bridgehead atoms. The monoisotopic (exact) mass is 270 g/mol. The molecular weight excluding hydrogens is 244 g/mol. The fraction of sp³-hybridized carbons (Fsp3) is 0.857. The van der Waals surface area contributed by atoms with Crippen LogP contribution in [0.2, 0.25) is 0 Å². The van der Waals surface area contributed by atoms with Gasteiger partial charge in [-0.3, -0.25) is 14.5 Å². The minimum absolute atomic E-state index is 0.189. The van der Waals surface area contributed by atoms with Crippen LogP contribution in [0.1, 0.15) is 39.0 Å². The Morgan fingerprint density at radius 1 is 1.16 bits per heavy atom. The van der Waals surface area contributed by atoms with Crippen molar-refractivity contribution in [3.05, 3.63) is 0 Å². The van der Waals surface area contributed by atoms with E-state index in [1.807, 2.05) is 16.7 Å². The summed E-state index contributed by atoms with van der Waals surface area (Å²) in [5, 5.41) is 0. The molecule has 0 aromatic carbocycles. The molecule has 5 nitrogen and oxygen atoms in total. The maximum atomic E-state index is 12.2. The average molecular weight is 270 g/mol. The number of hydrogen-bond donors (Lipinski definition) is 0. The summed E-state index contributed by atoms with van der Waals surface area (Å²) in [5.74, 6) is -0.0331. The van der Waals surface area contributed by atoms with Gasteiger partial charge in [0.15, 0.2) is 0 Å². The van der Waals surface area contributed by atoms with Gasteiger partial charge in [0, 0.05) is 19.6 Å². The molecule has 1 aliphatic heterocycles. The highest BCUT2D eigenvalue weighted by Gasteiger charge is 2.18. The molecule has 19 heavy (non-hydrogen) atoms. The van der Waals surface area contributed by atoms with Gasteiger partial charge in [-0.15, -0.1) is 0 Å². The maximum absolute atomic E-state index is 12.2. The lowest BCUT2D eigenvalue weighted by Crippen LogP contribution is -2.41. The number of hydrogen-bond acceptors (Lipinski definition) is 4. The summed E-state index contributed by atoms with van der Waals surface area (Å²) in [7, 11) is 1.39. The van der Waals surface area contributed by atoms with Gasteiger partial charge < -0.3 is 9.64 Å². The molecule has 0 aromatic heterocycles. The molecule has 0 aliphatic carbocycles. The van der Waals surface area contributed by atoms with Gasteiger partial charge in [0.25, 0.3) is 0 Å². The van der Waals surface area contributed by atoms with Gasteiger partial charge in [-0.05, 0) is 19.4 Å². The Bertz CT molecular complexity index is 286. The zero-order chi connectivity index (χ0) is 14.1. The lowest BCUT2D eigenvalue weighted by molar-refractivity contribution is -0.141. The highest BCUT2D eigenvalue weighted by molar-refractivity contribution is 5.78. The van der Waals surface area contributed by atoms with Gasteiger partial charge in [0.1, 0.15) is 0 Å². The maximum Gasteiger partial charge on any atom is 0.306 e. The Morgan fingerprint density at radius 2 is 1.79 bits per heavy atom. The standard InChI is InChI=1S/C14H26N2O3/c1-3-15(11-8-14(18)19-2)12-13(17)16-9-6-4-5-7-10-16/h3-12H2,1-2H3. The van der Waals surface area contributed by atoms with Gasteiger partial charge in [-0.25, -0.2) is 0 Å². The van der Waals surface area contributed by atoms with Gasteiger partial charge in [-0.1, -0.05) is 19.8 Å². The van der Waals surface area contributed by atoms with Crippen molar-refractivity contribution in [3.63, 3.8) is 0 Å². The molecule has 0 spiro atoms. The zero-order valence-corrected chi connectivity index (χ0v) is 12.2. The minimum Gasteiger partial charge on any atom is -0.469 e. The molecule has 0 N–H and O–H groups in total. The third-order valence-electron chi connectivity index (χ3n) is 3.62. The van der Waals surface area contributed by atoms with E-state index in [2.05, 4.69) is 4.74 Å². The summed E-state index contributed by atoms with van der Waals surface area (Å²) in [6.45, 7) is 5.54. The lowest BCUT2D eigenvalue weighted by Gasteiger charge is -2.25. The van der Waals surface area contributed by atoms with Crippen molar-refractivity contribution in [1.82, 2.24) is 9.80 Å². The molecular formula is C14H26N2O3. The van der Waals surface area contributed by atoms with Gasteiger partial charge in [-0.2, -0.15) is 0 Å². The molecule has 5 heteroatoms. The van der Waals surface area contributed by atoms with E-state index in [1.165, 1.54) is 20.0 Å². The average Bonchev–Trinajstić information content (AvgIpc) is 2.71. The Kier molecular flexibility index (Phi) is 7.48. The first-order valence-corrected chi connectivity index (χ1v) is 7.24. The van der Waals surface area contributed by atoms with E-state index in [0.29, 0.717) is 19.5 Å². The van der Waals surface area contributed by atoms with Gasteiger partial charge >= 0.3 is 5.97 Å². The Balaban J connectivity index is 2.36. The van der Waals surface area contributed by atoms with Crippen molar-refractivity contribution in [3.8, 4) is 0 Å². The lowest BCUT2D eigenvalue weighted by atomic mass is 10.2. The molecule has 110 valence electrons. The van der Waals surface area contributed by atoms with Gasteiger partial charge in [0.05, 0.1) is 20.1 Å². The summed E-state index contributed by atoms with van der Waals surface area (Å²) in [5.41, 5.74) is 0. The van der Waals surface area contributed by atoms with E-state index in [4.69, 9.17) is 0 Å². The van der Waals surface area contributed by atoms with Crippen molar-refractivity contribution in [2.75, 3.05) is 39.8 Å². The second-order valence-electron chi connectivity index (χ2n) is 4.99. The van der Waals surface area contributed by atoms with E-state index >= 15 is 0 Å². The van der Waals surface area contributed by atoms with E-state index in [1.54, 1.807) is 0 Å². The number of methoxy groups -OCH3 is 1. The van der Waals surface area contributed by atoms with Crippen molar-refractivity contribution in [2.24, 2.45) is 0 Å². The van der Waals surface area contributed by atoms with E-state index < -0.39 is 0 Å². The van der Waals surface area contributed by atoms with Crippen molar-refractivity contribution in [2.45, 2.75) is 39.0 Å². The summed E-state index contributed by atoms with van der Waals surface area (Å²) in [6.07, 6.45) is 5.02. The zero-order valence-electron chi connectivity index (χ0n) is 12.2. The topological polar surface area (TPSA) is 49.9 Å². The predicted molar refractivity (Wildman–Crippen MR) is 73.8 cm³/mol. The van der Waals surface area contributed by atoms with Crippen molar-refractivity contribution >= 4 is 11.9 Å². The normalized spacial score (nSPS) is 16.3. The fourth-order valence-corrected chi connectivity index (χ4v) is 2.31. The summed E-state index contributed by atoms with van der Waals surface area (Å²) in [6, 6.07) is 0. The SMILES string of the molecule is CCN(CCC(=O)OC)CC(=O)N1CCCCCC1. The van der Waals surface area contributed by atoms with Crippen molar-refractivity contribution < 1.29 is 14.3 Å². The molecule has 1 rings (SSSR count). The number of likely N-dealkylation sites (N-methyl/N-ethyl adjacent to an activating group) is 1. The van der Waals surface area contributed by atoms with Crippen LogP contribution in [0.25, 0.3) is 0 Å². The van der Waals surface area contributed by atoms with E-state index in [-0.39, 0.29) is 11.9 Å². The Labute approximate surface area is 115 Å². The predicted octanol–water partition coefficient (Wildman–Crippen LogP) is 1.27. The highest BCUT2D eigenvalue weighted by atomic mass is 16.5. The molecule has 1 heterocycles. The number of rotatable bonds is 6. The van der Waals surface area contributed by atoms with Crippen LogP contribution in [-0.4, -0.2) is 61.5 Å². The largest absolute Gasteiger partial charge is 0.469 e. The summed E-state index contributed by atoms with van der Waals surface area (Å²) >= 11 is 0. The van der Waals surface area contributed by atoms with Crippen LogP contribution in [0.5, 0.6) is 0 Å². The first-order chi connectivity index (χ1) is 9.17. The second kappa shape index (κ2) is 8.91. The molecule has 1 aliphatic rings. The molecule has 0 saturated carbocycles. The van der Waals surface area contributed by atoms with Crippen LogP contribution in [0.3, 0.4) is 0 Å². The molecule has 0 unspecified atom stereocenters. The first kappa shape index (κ1) is 16.0. The minimum atomic E-state index is -0.222. The number of carbonyl (C=O) groups is 2. The Morgan fingerprint density at radius 3 is 2.32 bits per heavy atom. The number of likely N-dealkylation sites (tertiary alicyclic amines) is 1. The smallest absolute Gasteiger partial charge is 0.306 e. The number of esters is 1. The number of amides is 1. The first-order valence-electron chi connectivity index (χ1n) is 7.24. The molecule has 1 fully saturated rings.